The standard InChI is InChI=1S/C27H30F6N2O2/c1-24(2,3)34-23(37)25(4,5)18-7-8-21-17(11-18)14-22(35(21)9-6-10-36)16-12-19(26(28,29)30)15-20(13-16)27(31,32)33/h7-8,11-15,36H,6,9-10H2,1-5H3,(H,34,37). The molecule has 2 aromatic carbocycles. The van der Waals surface area contributed by atoms with Gasteiger partial charge >= 0.3 is 12.4 Å². The maximum absolute atomic E-state index is 13.5. The van der Waals surface area contributed by atoms with Crippen molar-refractivity contribution in [3.8, 4) is 11.3 Å². The molecule has 0 fully saturated rings. The molecule has 0 aliphatic carbocycles. The average molecular weight is 529 g/mol. The number of amides is 1. The molecular formula is C27H30F6N2O2. The number of benzene rings is 2. The van der Waals surface area contributed by atoms with E-state index in [4.69, 9.17) is 0 Å². The van der Waals surface area contributed by atoms with E-state index in [2.05, 4.69) is 5.32 Å². The number of fused-ring (bicyclic) bond motifs is 1. The fraction of sp³-hybridized carbons (Fsp3) is 0.444. The smallest absolute Gasteiger partial charge is 0.396 e. The Bertz CT molecular complexity index is 1260. The molecule has 0 atom stereocenters. The summed E-state index contributed by atoms with van der Waals surface area (Å²) < 4.78 is 82.5. The SMILES string of the molecule is CC(C)(C)NC(=O)C(C)(C)c1ccc2c(c1)cc(-c1cc(C(F)(F)F)cc(C(F)(F)F)c1)n2CCCO. The molecule has 0 bridgehead atoms. The Hall–Kier alpha value is -3.01. The first-order valence-electron chi connectivity index (χ1n) is 11.7. The number of rotatable bonds is 6. The van der Waals surface area contributed by atoms with Crippen molar-refractivity contribution in [2.75, 3.05) is 6.61 Å². The number of carbonyl (C=O) groups excluding carboxylic acids is 1. The number of aryl methyl sites for hydroxylation is 1. The fourth-order valence-corrected chi connectivity index (χ4v) is 4.10. The van der Waals surface area contributed by atoms with Crippen molar-refractivity contribution in [1.82, 2.24) is 9.88 Å². The average Bonchev–Trinajstić information content (AvgIpc) is 3.12. The molecule has 202 valence electrons. The van der Waals surface area contributed by atoms with Gasteiger partial charge in [0.15, 0.2) is 0 Å². The van der Waals surface area contributed by atoms with Crippen LogP contribution in [0.15, 0.2) is 42.5 Å². The minimum Gasteiger partial charge on any atom is -0.396 e. The van der Waals surface area contributed by atoms with Gasteiger partial charge in [0.25, 0.3) is 0 Å². The zero-order chi connectivity index (χ0) is 28.0. The molecule has 37 heavy (non-hydrogen) atoms. The van der Waals surface area contributed by atoms with Crippen LogP contribution < -0.4 is 5.32 Å². The van der Waals surface area contributed by atoms with Crippen molar-refractivity contribution in [3.05, 3.63) is 59.2 Å². The van der Waals surface area contributed by atoms with E-state index < -0.39 is 34.4 Å². The van der Waals surface area contributed by atoms with Crippen LogP contribution in [0, 0.1) is 0 Å². The van der Waals surface area contributed by atoms with Gasteiger partial charge in [0.2, 0.25) is 5.91 Å². The first kappa shape index (κ1) is 28.6. The van der Waals surface area contributed by atoms with E-state index in [1.807, 2.05) is 20.8 Å². The van der Waals surface area contributed by atoms with Crippen molar-refractivity contribution in [2.45, 2.75) is 70.9 Å². The highest BCUT2D eigenvalue weighted by Gasteiger charge is 2.37. The number of nitrogens with one attached hydrogen (secondary N) is 1. The number of aliphatic hydroxyl groups is 1. The molecule has 2 N–H and O–H groups in total. The summed E-state index contributed by atoms with van der Waals surface area (Å²) in [6, 6.07) is 8.13. The zero-order valence-electron chi connectivity index (χ0n) is 21.2. The second kappa shape index (κ2) is 9.70. The number of aliphatic hydroxyl groups excluding tert-OH is 1. The second-order valence-corrected chi connectivity index (χ2v) is 10.7. The maximum Gasteiger partial charge on any atom is 0.416 e. The Morgan fingerprint density at radius 2 is 1.41 bits per heavy atom. The number of aromatic nitrogens is 1. The number of hydrogen-bond acceptors (Lipinski definition) is 2. The molecule has 0 saturated carbocycles. The number of alkyl halides is 6. The first-order valence-corrected chi connectivity index (χ1v) is 11.7. The summed E-state index contributed by atoms with van der Waals surface area (Å²) in [4.78, 5) is 13.0. The van der Waals surface area contributed by atoms with Gasteiger partial charge in [0, 0.05) is 35.3 Å². The van der Waals surface area contributed by atoms with Gasteiger partial charge < -0.3 is 15.0 Å². The van der Waals surface area contributed by atoms with E-state index in [1.165, 1.54) is 6.07 Å². The van der Waals surface area contributed by atoms with Crippen molar-refractivity contribution >= 4 is 16.8 Å². The monoisotopic (exact) mass is 528 g/mol. The summed E-state index contributed by atoms with van der Waals surface area (Å²) in [5.41, 5.74) is -3.16. The van der Waals surface area contributed by atoms with Crippen molar-refractivity contribution in [1.29, 1.82) is 0 Å². The van der Waals surface area contributed by atoms with Crippen LogP contribution >= 0.6 is 0 Å². The van der Waals surface area contributed by atoms with Crippen LogP contribution in [0.25, 0.3) is 22.2 Å². The van der Waals surface area contributed by atoms with E-state index in [-0.39, 0.29) is 42.8 Å². The molecule has 3 aromatic rings. The molecule has 1 amide bonds. The van der Waals surface area contributed by atoms with E-state index in [1.54, 1.807) is 36.6 Å². The van der Waals surface area contributed by atoms with Crippen LogP contribution in [0.3, 0.4) is 0 Å². The third-order valence-electron chi connectivity index (χ3n) is 6.10. The second-order valence-electron chi connectivity index (χ2n) is 10.7. The molecule has 0 aliphatic heterocycles. The zero-order valence-corrected chi connectivity index (χ0v) is 21.2. The Balaban J connectivity index is 2.23. The first-order chi connectivity index (χ1) is 16.8. The van der Waals surface area contributed by atoms with E-state index >= 15 is 0 Å². The lowest BCUT2D eigenvalue weighted by Gasteiger charge is -2.30. The molecule has 3 rings (SSSR count). The van der Waals surface area contributed by atoms with Crippen LogP contribution in [0.4, 0.5) is 26.3 Å². The molecule has 1 aromatic heterocycles. The lowest BCUT2D eigenvalue weighted by Crippen LogP contribution is -2.48. The third-order valence-corrected chi connectivity index (χ3v) is 6.10. The molecule has 0 unspecified atom stereocenters. The van der Waals surface area contributed by atoms with Gasteiger partial charge in [-0.3, -0.25) is 4.79 Å². The Labute approximate surface area is 211 Å². The molecule has 0 spiro atoms. The minimum absolute atomic E-state index is 0.0959. The third kappa shape index (κ3) is 6.29. The lowest BCUT2D eigenvalue weighted by molar-refractivity contribution is -0.143. The Kier molecular flexibility index (Phi) is 7.49. The highest BCUT2D eigenvalue weighted by Crippen LogP contribution is 2.40. The maximum atomic E-state index is 13.5. The van der Waals surface area contributed by atoms with Crippen molar-refractivity contribution < 1.29 is 36.2 Å². The summed E-state index contributed by atoms with van der Waals surface area (Å²) in [6.07, 6.45) is -9.71. The fourth-order valence-electron chi connectivity index (χ4n) is 4.10. The predicted molar refractivity (Wildman–Crippen MR) is 130 cm³/mol. The Morgan fingerprint density at radius 3 is 1.89 bits per heavy atom. The number of carbonyl (C=O) groups is 1. The van der Waals surface area contributed by atoms with Gasteiger partial charge in [-0.15, -0.1) is 0 Å². The van der Waals surface area contributed by atoms with Crippen LogP contribution in [0.1, 0.15) is 57.7 Å². The Morgan fingerprint density at radius 1 is 0.838 bits per heavy atom. The molecular weight excluding hydrogens is 498 g/mol. The summed E-state index contributed by atoms with van der Waals surface area (Å²) in [6.45, 7) is 8.97. The molecule has 10 heteroatoms. The summed E-state index contributed by atoms with van der Waals surface area (Å²) in [7, 11) is 0. The van der Waals surface area contributed by atoms with Crippen molar-refractivity contribution in [2.24, 2.45) is 0 Å². The van der Waals surface area contributed by atoms with E-state index in [0.717, 1.165) is 0 Å². The van der Waals surface area contributed by atoms with Gasteiger partial charge in [-0.05, 0) is 88.6 Å². The molecule has 0 aliphatic rings. The number of nitrogens with zero attached hydrogens (tertiary/aromatic N) is 1. The van der Waals surface area contributed by atoms with Gasteiger partial charge in [-0.2, -0.15) is 26.3 Å². The van der Waals surface area contributed by atoms with E-state index in [9.17, 15) is 36.2 Å². The molecule has 0 radical (unpaired) electrons. The summed E-state index contributed by atoms with van der Waals surface area (Å²) in [5, 5.41) is 12.8. The van der Waals surface area contributed by atoms with Gasteiger partial charge in [-0.1, -0.05) is 6.07 Å². The quantitative estimate of drug-likeness (QED) is 0.341. The lowest BCUT2D eigenvalue weighted by atomic mass is 9.82. The van der Waals surface area contributed by atoms with Gasteiger partial charge in [-0.25, -0.2) is 0 Å². The molecule has 0 saturated heterocycles. The summed E-state index contributed by atoms with van der Waals surface area (Å²) in [5.74, 6) is -0.230. The number of hydrogen-bond donors (Lipinski definition) is 2. The van der Waals surface area contributed by atoms with Crippen LogP contribution in [-0.2, 0) is 29.1 Å². The van der Waals surface area contributed by atoms with Gasteiger partial charge in [0.1, 0.15) is 0 Å². The van der Waals surface area contributed by atoms with Crippen LogP contribution in [-0.4, -0.2) is 27.7 Å². The topological polar surface area (TPSA) is 54.3 Å². The highest BCUT2D eigenvalue weighted by atomic mass is 19.4. The van der Waals surface area contributed by atoms with E-state index in [0.29, 0.717) is 28.6 Å². The molecule has 1 heterocycles. The number of halogens is 6. The van der Waals surface area contributed by atoms with Crippen LogP contribution in [0.2, 0.25) is 0 Å². The predicted octanol–water partition coefficient (Wildman–Crippen LogP) is 6.92. The minimum atomic E-state index is -4.98. The largest absolute Gasteiger partial charge is 0.416 e. The molecule has 4 nitrogen and oxygen atoms in total. The van der Waals surface area contributed by atoms with Crippen molar-refractivity contribution in [3.63, 3.8) is 0 Å². The van der Waals surface area contributed by atoms with Crippen LogP contribution in [0.5, 0.6) is 0 Å². The highest BCUT2D eigenvalue weighted by molar-refractivity contribution is 5.92. The van der Waals surface area contributed by atoms with Gasteiger partial charge in [0.05, 0.1) is 16.5 Å². The summed E-state index contributed by atoms with van der Waals surface area (Å²) >= 11 is 0. The normalized spacial score (nSPS) is 13.3.